The maximum absolute atomic E-state index is 12.4. The molecule has 212 valence electrons. The van der Waals surface area contributed by atoms with Gasteiger partial charge in [0.25, 0.3) is 0 Å². The first kappa shape index (κ1) is 28.6. The van der Waals surface area contributed by atoms with Crippen molar-refractivity contribution in [2.45, 2.75) is 52.6 Å². The van der Waals surface area contributed by atoms with Crippen LogP contribution in [0.5, 0.6) is 5.75 Å². The highest BCUT2D eigenvalue weighted by molar-refractivity contribution is 5.99. The highest BCUT2D eigenvalue weighted by Crippen LogP contribution is 2.25. The van der Waals surface area contributed by atoms with Crippen LogP contribution in [-0.2, 0) is 19.7 Å². The lowest BCUT2D eigenvalue weighted by molar-refractivity contribution is -0.159. The normalized spacial score (nSPS) is 11.8. The maximum atomic E-state index is 12.4. The number of carbonyl (C=O) groups is 2. The second-order valence-corrected chi connectivity index (χ2v) is 11.0. The van der Waals surface area contributed by atoms with Gasteiger partial charge < -0.3 is 24.1 Å². The van der Waals surface area contributed by atoms with Gasteiger partial charge in [0.1, 0.15) is 30.0 Å². The molecule has 0 aliphatic carbocycles. The van der Waals surface area contributed by atoms with Crippen molar-refractivity contribution >= 4 is 34.5 Å². The van der Waals surface area contributed by atoms with Crippen LogP contribution in [0.3, 0.4) is 0 Å². The zero-order valence-electron chi connectivity index (χ0n) is 23.6. The number of hydrogen-bond donors (Lipinski definition) is 2. The number of ether oxygens (including phenoxy) is 3. The molecule has 0 spiro atoms. The van der Waals surface area contributed by atoms with Gasteiger partial charge in [-0.05, 0) is 50.2 Å². The molecule has 0 saturated carbocycles. The molecular formula is C29H35N5O6. The van der Waals surface area contributed by atoms with E-state index in [0.717, 1.165) is 16.7 Å². The molecular weight excluding hydrogens is 514 g/mol. The second kappa shape index (κ2) is 11.8. The van der Waals surface area contributed by atoms with Crippen molar-refractivity contribution in [3.05, 3.63) is 60.6 Å². The van der Waals surface area contributed by atoms with Crippen molar-refractivity contribution in [3.8, 4) is 11.4 Å². The van der Waals surface area contributed by atoms with Gasteiger partial charge in [0.05, 0.1) is 24.2 Å². The van der Waals surface area contributed by atoms with Crippen LogP contribution in [0.4, 0.5) is 16.3 Å². The number of hydrogen-bond acceptors (Lipinski definition) is 8. The first-order valence-corrected chi connectivity index (χ1v) is 12.9. The molecule has 0 saturated heterocycles. The Hall–Kier alpha value is -4.38. The smallest absolute Gasteiger partial charge is 0.324 e. The van der Waals surface area contributed by atoms with Gasteiger partial charge in [-0.2, -0.15) is 0 Å². The quantitative estimate of drug-likeness (QED) is 0.191. The Morgan fingerprint density at radius 3 is 2.40 bits per heavy atom. The molecule has 4 rings (SSSR count). The summed E-state index contributed by atoms with van der Waals surface area (Å²) in [6.45, 7) is 12.0. The number of carbonyl (C=O) groups excluding carboxylic acids is 2. The number of nitrogens with one attached hydrogen (secondary N) is 2. The summed E-state index contributed by atoms with van der Waals surface area (Å²) >= 11 is 0. The van der Waals surface area contributed by atoms with Crippen molar-refractivity contribution in [1.29, 1.82) is 0 Å². The molecule has 11 nitrogen and oxygen atoms in total. The molecule has 0 aliphatic heterocycles. The van der Waals surface area contributed by atoms with Crippen molar-refractivity contribution in [3.63, 3.8) is 0 Å². The lowest BCUT2D eigenvalue weighted by atomic mass is 9.93. The third-order valence-corrected chi connectivity index (χ3v) is 5.78. The van der Waals surface area contributed by atoms with Crippen LogP contribution in [0.25, 0.3) is 16.7 Å². The van der Waals surface area contributed by atoms with Gasteiger partial charge in [-0.1, -0.05) is 25.9 Å². The van der Waals surface area contributed by atoms with E-state index in [1.54, 1.807) is 26.2 Å². The molecule has 4 aromatic rings. The molecule has 40 heavy (non-hydrogen) atoms. The second-order valence-electron chi connectivity index (χ2n) is 11.0. The summed E-state index contributed by atoms with van der Waals surface area (Å²) < 4.78 is 23.8. The van der Waals surface area contributed by atoms with Gasteiger partial charge >= 0.3 is 12.0 Å². The molecule has 0 unspecified atom stereocenters. The van der Waals surface area contributed by atoms with Crippen LogP contribution in [0.1, 0.15) is 47.3 Å². The van der Waals surface area contributed by atoms with E-state index in [0.29, 0.717) is 36.2 Å². The zero-order valence-corrected chi connectivity index (χ0v) is 23.6. The third-order valence-electron chi connectivity index (χ3n) is 5.78. The van der Waals surface area contributed by atoms with Gasteiger partial charge in [0.15, 0.2) is 5.82 Å². The van der Waals surface area contributed by atoms with E-state index in [9.17, 15) is 9.59 Å². The number of benzene rings is 2. The highest BCUT2D eigenvalue weighted by atomic mass is 16.6. The summed E-state index contributed by atoms with van der Waals surface area (Å²) in [5, 5.41) is 9.38. The molecule has 11 heteroatoms. The fourth-order valence-electron chi connectivity index (χ4n) is 3.91. The topological polar surface area (TPSA) is 130 Å². The Morgan fingerprint density at radius 1 is 0.975 bits per heavy atom. The molecule has 2 N–H and O–H groups in total. The summed E-state index contributed by atoms with van der Waals surface area (Å²) in [6, 6.07) is 14.4. The number of nitrogens with zero attached hydrogens (tertiary/aromatic N) is 3. The maximum Gasteiger partial charge on any atom is 0.324 e. The average molecular weight is 550 g/mol. The Morgan fingerprint density at radius 2 is 1.73 bits per heavy atom. The number of esters is 1. The number of anilines is 2. The fraction of sp³-hybridized carbons (Fsp3) is 0.379. The number of fused-ring (bicyclic) bond motifs is 1. The summed E-state index contributed by atoms with van der Waals surface area (Å²) in [5.41, 5.74) is 2.30. The number of amides is 2. The van der Waals surface area contributed by atoms with E-state index in [1.165, 1.54) is 6.92 Å². The monoisotopic (exact) mass is 549 g/mol. The van der Waals surface area contributed by atoms with Crippen molar-refractivity contribution in [1.82, 2.24) is 14.7 Å². The van der Waals surface area contributed by atoms with Crippen molar-refractivity contribution in [2.75, 3.05) is 30.5 Å². The van der Waals surface area contributed by atoms with Gasteiger partial charge in [-0.3, -0.25) is 14.7 Å². The standard InChI is InChI=1S/C29H35N5O6/c1-19(35)39-29(5,6)17-37-13-14-38-22-11-12-24-23(15-22)30-18-34(24)21-9-7-20(8-10-21)31-27(36)32-26-16-25(40-33-26)28(2,3)4/h7-12,15-16,18H,13-14,17H2,1-6H3,(H2,31,32,33,36). The molecule has 2 heterocycles. The van der Waals surface area contributed by atoms with E-state index >= 15 is 0 Å². The number of imidazole rings is 1. The van der Waals surface area contributed by atoms with Crippen LogP contribution in [0, 0.1) is 0 Å². The first-order valence-electron chi connectivity index (χ1n) is 12.9. The van der Waals surface area contributed by atoms with Crippen LogP contribution >= 0.6 is 0 Å². The summed E-state index contributed by atoms with van der Waals surface area (Å²) in [4.78, 5) is 28.0. The molecule has 2 aromatic heterocycles. The van der Waals surface area contributed by atoms with Crippen molar-refractivity contribution < 1.29 is 28.3 Å². The van der Waals surface area contributed by atoms with E-state index in [2.05, 4.69) is 20.8 Å². The van der Waals surface area contributed by atoms with Crippen LogP contribution < -0.4 is 15.4 Å². The predicted molar refractivity (Wildman–Crippen MR) is 151 cm³/mol. The molecule has 2 aromatic carbocycles. The Balaban J connectivity index is 1.30. The summed E-state index contributed by atoms with van der Waals surface area (Å²) in [7, 11) is 0. The molecule has 0 radical (unpaired) electrons. The minimum atomic E-state index is -0.688. The minimum Gasteiger partial charge on any atom is -0.491 e. The Kier molecular flexibility index (Phi) is 8.43. The fourth-order valence-corrected chi connectivity index (χ4v) is 3.91. The highest BCUT2D eigenvalue weighted by Gasteiger charge is 2.22. The van der Waals surface area contributed by atoms with E-state index in [-0.39, 0.29) is 18.0 Å². The van der Waals surface area contributed by atoms with E-state index in [4.69, 9.17) is 18.7 Å². The number of rotatable bonds is 10. The summed E-state index contributed by atoms with van der Waals surface area (Å²) in [6.07, 6.45) is 1.74. The summed E-state index contributed by atoms with van der Waals surface area (Å²) in [5.74, 6) is 1.37. The first-order chi connectivity index (χ1) is 18.9. The lowest BCUT2D eigenvalue weighted by Crippen LogP contribution is -2.33. The van der Waals surface area contributed by atoms with Gasteiger partial charge in [0.2, 0.25) is 0 Å². The van der Waals surface area contributed by atoms with Crippen LogP contribution in [0.15, 0.2) is 59.4 Å². The van der Waals surface area contributed by atoms with Gasteiger partial charge in [-0.15, -0.1) is 0 Å². The average Bonchev–Trinajstić information content (AvgIpc) is 3.50. The third kappa shape index (κ3) is 7.60. The molecule has 2 amide bonds. The number of urea groups is 1. The Bertz CT molecular complexity index is 1470. The lowest BCUT2D eigenvalue weighted by Gasteiger charge is -2.24. The largest absolute Gasteiger partial charge is 0.491 e. The zero-order chi connectivity index (χ0) is 28.9. The van der Waals surface area contributed by atoms with Crippen LogP contribution in [-0.4, -0.2) is 52.1 Å². The SMILES string of the molecule is CC(=O)OC(C)(C)COCCOc1ccc2c(c1)ncn2-c1ccc(NC(=O)Nc2cc(C(C)(C)C)on2)cc1. The minimum absolute atomic E-state index is 0.202. The van der Waals surface area contributed by atoms with E-state index < -0.39 is 11.6 Å². The van der Waals surface area contributed by atoms with Gasteiger partial charge in [0, 0.05) is 35.8 Å². The number of aromatic nitrogens is 3. The van der Waals surface area contributed by atoms with E-state index in [1.807, 2.05) is 67.8 Å². The molecule has 0 bridgehead atoms. The molecule has 0 aliphatic rings. The van der Waals surface area contributed by atoms with Crippen molar-refractivity contribution in [2.24, 2.45) is 0 Å². The molecule has 0 fully saturated rings. The Labute approximate surface area is 232 Å². The van der Waals surface area contributed by atoms with Gasteiger partial charge in [-0.25, -0.2) is 9.78 Å². The molecule has 0 atom stereocenters. The van der Waals surface area contributed by atoms with Crippen LogP contribution in [0.2, 0.25) is 0 Å². The predicted octanol–water partition coefficient (Wildman–Crippen LogP) is 5.69.